The Bertz CT molecular complexity index is 229. The highest BCUT2D eigenvalue weighted by Gasteiger charge is 2.08. The summed E-state index contributed by atoms with van der Waals surface area (Å²) in [4.78, 5) is 0. The van der Waals surface area contributed by atoms with E-state index in [1.165, 1.54) is 0 Å². The van der Waals surface area contributed by atoms with Gasteiger partial charge in [0.1, 0.15) is 0 Å². The van der Waals surface area contributed by atoms with Crippen molar-refractivity contribution in [2.24, 2.45) is 11.8 Å². The minimum Gasteiger partial charge on any atom is -0.374 e. The van der Waals surface area contributed by atoms with Gasteiger partial charge in [-0.15, -0.1) is 0 Å². The molecule has 0 saturated carbocycles. The molecule has 3 nitrogen and oxygen atoms in total. The zero-order chi connectivity index (χ0) is 13.5. The lowest BCUT2D eigenvalue weighted by molar-refractivity contribution is 0.0707. The summed E-state index contributed by atoms with van der Waals surface area (Å²) in [6.45, 7) is 5.00. The first-order chi connectivity index (χ1) is 7.77. The highest BCUT2D eigenvalue weighted by atomic mass is 32.3. The van der Waals surface area contributed by atoms with E-state index in [4.69, 9.17) is 10.6 Å². The van der Waals surface area contributed by atoms with Crippen molar-refractivity contribution in [3.8, 4) is 0 Å². The van der Waals surface area contributed by atoms with Gasteiger partial charge in [0.2, 0.25) is 0 Å². The topological polar surface area (TPSA) is 38.5 Å². The molecule has 104 valence electrons. The molecule has 0 amide bonds. The Hall–Kier alpha value is 0.160. The van der Waals surface area contributed by atoms with Crippen LogP contribution in [0.5, 0.6) is 0 Å². The summed E-state index contributed by atoms with van der Waals surface area (Å²) in [5.74, 6) is 7.40. The van der Waals surface area contributed by atoms with E-state index in [1.54, 1.807) is 4.41 Å². The lowest BCUT2D eigenvalue weighted by atomic mass is 10.1. The molecule has 0 aliphatic heterocycles. The molecule has 2 unspecified atom stereocenters. The molecule has 0 aromatic carbocycles. The summed E-state index contributed by atoms with van der Waals surface area (Å²) in [6.07, 6.45) is 11.6. The van der Waals surface area contributed by atoms with Crippen LogP contribution >= 0.6 is 22.8 Å². The molecular formula is C12H28N2OS2. The number of rotatable bonds is 8. The molecule has 0 saturated heterocycles. The Morgan fingerprint density at radius 3 is 2.41 bits per heavy atom. The zero-order valence-corrected chi connectivity index (χ0v) is 13.4. The first-order valence-corrected chi connectivity index (χ1v) is 9.35. The van der Waals surface area contributed by atoms with Crippen molar-refractivity contribution in [2.75, 3.05) is 31.1 Å². The van der Waals surface area contributed by atoms with E-state index in [0.717, 1.165) is 18.8 Å². The third-order valence-corrected chi connectivity index (χ3v) is 4.05. The fourth-order valence-corrected chi connectivity index (χ4v) is 1.94. The molecule has 0 fully saturated rings. The largest absolute Gasteiger partial charge is 0.374 e. The van der Waals surface area contributed by atoms with Crippen LogP contribution in [-0.2, 0) is 4.74 Å². The Morgan fingerprint density at radius 2 is 1.94 bits per heavy atom. The maximum absolute atomic E-state index is 5.92. The first kappa shape index (κ1) is 17.2. The van der Waals surface area contributed by atoms with Gasteiger partial charge in [0.15, 0.2) is 0 Å². The third kappa shape index (κ3) is 8.83. The smallest absolute Gasteiger partial charge is 0.0745 e. The van der Waals surface area contributed by atoms with Crippen LogP contribution in [0, 0.1) is 5.92 Å². The Balaban J connectivity index is 3.93. The van der Waals surface area contributed by atoms with Crippen LogP contribution in [0.2, 0.25) is 0 Å². The molecule has 5 heteroatoms. The molecule has 17 heavy (non-hydrogen) atoms. The molecular weight excluding hydrogens is 252 g/mol. The lowest BCUT2D eigenvalue weighted by Crippen LogP contribution is -2.27. The van der Waals surface area contributed by atoms with Crippen LogP contribution in [0.25, 0.3) is 0 Å². The Kier molecular flexibility index (Phi) is 8.37. The second kappa shape index (κ2) is 8.29. The van der Waals surface area contributed by atoms with Crippen LogP contribution in [-0.4, -0.2) is 41.6 Å². The summed E-state index contributed by atoms with van der Waals surface area (Å²) >= 11 is 4.21. The van der Waals surface area contributed by atoms with Crippen LogP contribution in [0.3, 0.4) is 0 Å². The molecule has 0 radical (unpaired) electrons. The fourth-order valence-electron chi connectivity index (χ4n) is 1.06. The Morgan fingerprint density at radius 1 is 1.35 bits per heavy atom. The number of hydrogen-bond donors (Lipinski definition) is 2. The number of thiol groups is 1. The van der Waals surface area contributed by atoms with Gasteiger partial charge in [-0.25, -0.2) is 5.84 Å². The van der Waals surface area contributed by atoms with Gasteiger partial charge in [-0.3, -0.25) is 4.41 Å². The van der Waals surface area contributed by atoms with Crippen molar-refractivity contribution in [1.82, 2.24) is 4.41 Å². The molecule has 2 atom stereocenters. The average molecular weight is 281 g/mol. The van der Waals surface area contributed by atoms with Gasteiger partial charge in [-0.05, 0) is 49.9 Å². The summed E-state index contributed by atoms with van der Waals surface area (Å²) < 4.78 is 7.51. The van der Waals surface area contributed by atoms with Crippen molar-refractivity contribution < 1.29 is 4.74 Å². The molecule has 0 aromatic rings. The molecule has 0 aromatic heterocycles. The van der Waals surface area contributed by atoms with E-state index in [9.17, 15) is 0 Å². The Labute approximate surface area is 114 Å². The first-order valence-electron chi connectivity index (χ1n) is 5.90. The maximum atomic E-state index is 5.92. The molecule has 0 heterocycles. The standard InChI is InChI=1S/C12H28N2OS2/c1-11(7-9-16)10-15-12(2)6-8-14(13)17(3,4)5/h6,8,11-12,16H,7,9-10,13H2,1-5H3/b8-6-. The van der Waals surface area contributed by atoms with Gasteiger partial charge in [0.05, 0.1) is 6.10 Å². The van der Waals surface area contributed by atoms with Crippen LogP contribution in [0.4, 0.5) is 0 Å². The number of ether oxygens (including phenoxy) is 1. The minimum atomic E-state index is -0.880. The molecule has 2 N–H and O–H groups in total. The van der Waals surface area contributed by atoms with Gasteiger partial charge in [-0.2, -0.15) is 22.8 Å². The summed E-state index contributed by atoms with van der Waals surface area (Å²) in [5, 5.41) is 0. The second-order valence-corrected chi connectivity index (χ2v) is 9.54. The van der Waals surface area contributed by atoms with Gasteiger partial charge in [0, 0.05) is 12.8 Å². The summed E-state index contributed by atoms with van der Waals surface area (Å²) in [5.41, 5.74) is 0. The number of hydrazine groups is 1. The van der Waals surface area contributed by atoms with Gasteiger partial charge in [-0.1, -0.05) is 6.92 Å². The third-order valence-electron chi connectivity index (χ3n) is 2.40. The van der Waals surface area contributed by atoms with Crippen molar-refractivity contribution in [3.05, 3.63) is 12.3 Å². The van der Waals surface area contributed by atoms with Gasteiger partial charge < -0.3 is 4.74 Å². The van der Waals surface area contributed by atoms with Crippen molar-refractivity contribution in [3.63, 3.8) is 0 Å². The molecule has 0 rings (SSSR count). The van der Waals surface area contributed by atoms with Crippen molar-refractivity contribution >= 4 is 22.8 Å². The summed E-state index contributed by atoms with van der Waals surface area (Å²) in [6, 6.07) is 0. The van der Waals surface area contributed by atoms with Crippen LogP contribution < -0.4 is 5.84 Å². The number of nitrogens with zero attached hydrogens (tertiary/aromatic N) is 1. The highest BCUT2D eigenvalue weighted by Crippen LogP contribution is 2.36. The normalized spacial score (nSPS) is 17.1. The van der Waals surface area contributed by atoms with E-state index in [-0.39, 0.29) is 6.10 Å². The minimum absolute atomic E-state index is 0.102. The van der Waals surface area contributed by atoms with E-state index < -0.39 is 10.2 Å². The fraction of sp³-hybridized carbons (Fsp3) is 0.833. The van der Waals surface area contributed by atoms with E-state index >= 15 is 0 Å². The predicted molar refractivity (Wildman–Crippen MR) is 83.6 cm³/mol. The van der Waals surface area contributed by atoms with Crippen molar-refractivity contribution in [1.29, 1.82) is 0 Å². The molecule has 0 bridgehead atoms. The quantitative estimate of drug-likeness (QED) is 0.408. The van der Waals surface area contributed by atoms with Crippen LogP contribution in [0.15, 0.2) is 12.3 Å². The number of hydrogen-bond acceptors (Lipinski definition) is 4. The maximum Gasteiger partial charge on any atom is 0.0745 e. The van der Waals surface area contributed by atoms with E-state index in [1.807, 2.05) is 19.2 Å². The van der Waals surface area contributed by atoms with Crippen molar-refractivity contribution in [2.45, 2.75) is 26.4 Å². The highest BCUT2D eigenvalue weighted by molar-refractivity contribution is 8.30. The number of nitrogens with two attached hydrogens (primary N) is 1. The second-order valence-electron chi connectivity index (χ2n) is 5.13. The van der Waals surface area contributed by atoms with Gasteiger partial charge >= 0.3 is 0 Å². The average Bonchev–Trinajstić information content (AvgIpc) is 2.22. The monoisotopic (exact) mass is 280 g/mol. The summed E-state index contributed by atoms with van der Waals surface area (Å²) in [7, 11) is -0.880. The predicted octanol–water partition coefficient (Wildman–Crippen LogP) is 2.65. The molecule has 0 aliphatic rings. The zero-order valence-electron chi connectivity index (χ0n) is 11.7. The van der Waals surface area contributed by atoms with E-state index in [2.05, 4.69) is 38.3 Å². The van der Waals surface area contributed by atoms with E-state index in [0.29, 0.717) is 5.92 Å². The molecule has 0 spiro atoms. The van der Waals surface area contributed by atoms with Crippen LogP contribution in [0.1, 0.15) is 20.3 Å². The molecule has 0 aliphatic carbocycles. The SMILES string of the molecule is CC(CCS)COC(C)/C=C\N(N)S(C)(C)C. The van der Waals surface area contributed by atoms with Gasteiger partial charge in [0.25, 0.3) is 0 Å². The lowest BCUT2D eigenvalue weighted by Gasteiger charge is -2.35.